The number of imide groups is 1. The third-order valence-electron chi connectivity index (χ3n) is 6.51. The lowest BCUT2D eigenvalue weighted by Crippen LogP contribution is -2.33. The maximum atomic E-state index is 13.2. The Labute approximate surface area is 171 Å². The minimum atomic E-state index is -4.38. The maximum absolute atomic E-state index is 13.2. The highest BCUT2D eigenvalue weighted by atomic mass is 19.4. The summed E-state index contributed by atoms with van der Waals surface area (Å²) in [6, 6.07) is 13.9. The first-order valence-electron chi connectivity index (χ1n) is 9.78. The van der Waals surface area contributed by atoms with Crippen molar-refractivity contribution in [3.63, 3.8) is 0 Å². The minimum Gasteiger partial charge on any atom is -0.274 e. The molecule has 3 aliphatic rings. The van der Waals surface area contributed by atoms with Gasteiger partial charge >= 0.3 is 6.18 Å². The van der Waals surface area contributed by atoms with Crippen LogP contribution in [0.15, 0.2) is 72.3 Å². The molecule has 30 heavy (non-hydrogen) atoms. The van der Waals surface area contributed by atoms with Crippen LogP contribution in [0.4, 0.5) is 18.9 Å². The molecule has 2 aliphatic carbocycles. The molecule has 1 saturated carbocycles. The van der Waals surface area contributed by atoms with Crippen LogP contribution >= 0.6 is 0 Å². The summed E-state index contributed by atoms with van der Waals surface area (Å²) in [5.41, 5.74) is 2.37. The van der Waals surface area contributed by atoms with E-state index in [0.29, 0.717) is 11.3 Å². The van der Waals surface area contributed by atoms with E-state index in [4.69, 9.17) is 0 Å². The summed E-state index contributed by atoms with van der Waals surface area (Å²) in [6.45, 7) is 1.86. The van der Waals surface area contributed by atoms with Crippen molar-refractivity contribution >= 4 is 23.1 Å². The van der Waals surface area contributed by atoms with Crippen LogP contribution in [-0.4, -0.2) is 11.8 Å². The molecule has 152 valence electrons. The first-order chi connectivity index (χ1) is 14.3. The highest BCUT2D eigenvalue weighted by Crippen LogP contribution is 2.58. The van der Waals surface area contributed by atoms with Crippen molar-refractivity contribution in [2.75, 3.05) is 4.90 Å². The summed E-state index contributed by atoms with van der Waals surface area (Å²) >= 11 is 0. The number of allylic oxidation sites excluding steroid dienone is 4. The summed E-state index contributed by atoms with van der Waals surface area (Å²) in [4.78, 5) is 27.6. The minimum absolute atomic E-state index is 0.201. The van der Waals surface area contributed by atoms with Crippen LogP contribution < -0.4 is 4.90 Å². The van der Waals surface area contributed by atoms with Gasteiger partial charge in [-0.1, -0.05) is 48.1 Å². The van der Waals surface area contributed by atoms with Crippen LogP contribution in [0, 0.1) is 23.7 Å². The van der Waals surface area contributed by atoms with E-state index in [-0.39, 0.29) is 23.7 Å². The predicted molar refractivity (Wildman–Crippen MR) is 106 cm³/mol. The molecular weight excluding hydrogens is 391 g/mol. The van der Waals surface area contributed by atoms with E-state index < -0.39 is 23.6 Å². The number of anilines is 1. The second kappa shape index (κ2) is 6.42. The van der Waals surface area contributed by atoms with Gasteiger partial charge in [0.2, 0.25) is 11.8 Å². The average Bonchev–Trinajstić information content (AvgIpc) is 3.37. The van der Waals surface area contributed by atoms with Crippen molar-refractivity contribution in [2.24, 2.45) is 23.7 Å². The Hall–Kier alpha value is -3.15. The lowest BCUT2D eigenvalue weighted by Gasteiger charge is -2.20. The summed E-state index contributed by atoms with van der Waals surface area (Å²) in [5, 5.41) is 0. The number of hydrogen-bond donors (Lipinski definition) is 0. The first-order valence-corrected chi connectivity index (χ1v) is 9.78. The maximum Gasteiger partial charge on any atom is 0.416 e. The number of carbonyl (C=O) groups excluding carboxylic acids is 2. The number of alkyl halides is 3. The monoisotopic (exact) mass is 409 g/mol. The van der Waals surface area contributed by atoms with Crippen molar-refractivity contribution < 1.29 is 22.8 Å². The second-order valence-electron chi connectivity index (χ2n) is 7.99. The molecule has 2 bridgehead atoms. The molecule has 2 aromatic carbocycles. The Bertz CT molecular complexity index is 1070. The average molecular weight is 409 g/mol. The third kappa shape index (κ3) is 2.59. The van der Waals surface area contributed by atoms with Gasteiger partial charge in [-0.25, -0.2) is 4.90 Å². The topological polar surface area (TPSA) is 37.4 Å². The van der Waals surface area contributed by atoms with Crippen molar-refractivity contribution in [3.05, 3.63) is 83.4 Å². The first kappa shape index (κ1) is 18.9. The van der Waals surface area contributed by atoms with E-state index >= 15 is 0 Å². The zero-order chi connectivity index (χ0) is 21.2. The number of fused-ring (bicyclic) bond motifs is 5. The normalized spacial score (nSPS) is 29.0. The van der Waals surface area contributed by atoms with Gasteiger partial charge in [-0.2, -0.15) is 13.2 Å². The Balaban J connectivity index is 1.50. The molecule has 2 fully saturated rings. The summed E-state index contributed by atoms with van der Waals surface area (Å²) < 4.78 is 38.6. The van der Waals surface area contributed by atoms with Crippen LogP contribution in [0.5, 0.6) is 0 Å². The fourth-order valence-corrected chi connectivity index (χ4v) is 5.17. The molecule has 2 aromatic rings. The third-order valence-corrected chi connectivity index (χ3v) is 6.51. The number of amides is 2. The van der Waals surface area contributed by atoms with Gasteiger partial charge in [-0.15, -0.1) is 0 Å². The molecule has 5 rings (SSSR count). The van der Waals surface area contributed by atoms with Gasteiger partial charge in [0.1, 0.15) is 0 Å². The van der Waals surface area contributed by atoms with Gasteiger partial charge < -0.3 is 0 Å². The van der Waals surface area contributed by atoms with Gasteiger partial charge in [0.25, 0.3) is 0 Å². The molecule has 0 unspecified atom stereocenters. The van der Waals surface area contributed by atoms with Crippen LogP contribution in [0.2, 0.25) is 0 Å². The van der Waals surface area contributed by atoms with E-state index in [1.807, 2.05) is 25.1 Å². The molecule has 0 N–H and O–H groups in total. The number of benzene rings is 2. The fourth-order valence-electron chi connectivity index (χ4n) is 5.17. The molecule has 1 aliphatic heterocycles. The number of rotatable bonds is 2. The number of halogens is 3. The molecule has 6 heteroatoms. The van der Waals surface area contributed by atoms with Crippen molar-refractivity contribution in [1.29, 1.82) is 0 Å². The van der Waals surface area contributed by atoms with Crippen LogP contribution in [0.3, 0.4) is 0 Å². The zero-order valence-corrected chi connectivity index (χ0v) is 16.1. The van der Waals surface area contributed by atoms with E-state index in [1.54, 1.807) is 24.3 Å². The van der Waals surface area contributed by atoms with Gasteiger partial charge in [0.15, 0.2) is 0 Å². The summed E-state index contributed by atoms with van der Waals surface area (Å²) in [5.74, 6) is -1.71. The van der Waals surface area contributed by atoms with E-state index in [9.17, 15) is 22.8 Å². The number of para-hydroxylation sites is 1. The van der Waals surface area contributed by atoms with Crippen LogP contribution in [0.25, 0.3) is 5.57 Å². The summed E-state index contributed by atoms with van der Waals surface area (Å²) in [7, 11) is 0. The van der Waals surface area contributed by atoms with Crippen LogP contribution in [0.1, 0.15) is 18.1 Å². The molecule has 2 amide bonds. The van der Waals surface area contributed by atoms with Gasteiger partial charge in [0, 0.05) is 11.8 Å². The molecule has 0 spiro atoms. The molecule has 1 saturated heterocycles. The van der Waals surface area contributed by atoms with Gasteiger partial charge in [0.05, 0.1) is 23.1 Å². The van der Waals surface area contributed by atoms with E-state index in [1.165, 1.54) is 17.0 Å². The van der Waals surface area contributed by atoms with Gasteiger partial charge in [-0.05, 0) is 42.3 Å². The number of carbonyl (C=O) groups is 2. The zero-order valence-electron chi connectivity index (χ0n) is 16.1. The molecule has 0 radical (unpaired) electrons. The molecule has 4 atom stereocenters. The number of hydrogen-bond acceptors (Lipinski definition) is 2. The lowest BCUT2D eigenvalue weighted by atomic mass is 9.85. The number of nitrogens with zero attached hydrogens (tertiary/aromatic N) is 1. The highest BCUT2D eigenvalue weighted by molar-refractivity contribution is 6.23. The largest absolute Gasteiger partial charge is 0.416 e. The molecular formula is C24H18F3NO2. The molecule has 1 heterocycles. The standard InChI is InChI=1S/C24H18F3NO2/c1-13(14-7-9-15(10-8-14)24(25,26)27)19-17-11-12-18(19)21-20(17)22(29)28(23(21)30)16-5-3-2-4-6-16/h2-12,17-18,20-21H,1H3/t17-,18+,20+,21-. The Morgan fingerprint density at radius 2 is 1.37 bits per heavy atom. The van der Waals surface area contributed by atoms with Gasteiger partial charge in [-0.3, -0.25) is 9.59 Å². The van der Waals surface area contributed by atoms with E-state index in [0.717, 1.165) is 23.3 Å². The van der Waals surface area contributed by atoms with Crippen molar-refractivity contribution in [2.45, 2.75) is 13.1 Å². The Morgan fingerprint density at radius 3 is 1.87 bits per heavy atom. The molecule has 0 aromatic heterocycles. The van der Waals surface area contributed by atoms with Crippen molar-refractivity contribution in [1.82, 2.24) is 0 Å². The smallest absolute Gasteiger partial charge is 0.274 e. The Morgan fingerprint density at radius 1 is 0.833 bits per heavy atom. The highest BCUT2D eigenvalue weighted by Gasteiger charge is 2.62. The lowest BCUT2D eigenvalue weighted by molar-refractivity contribution is -0.137. The summed E-state index contributed by atoms with van der Waals surface area (Å²) in [6.07, 6.45) is -0.451. The van der Waals surface area contributed by atoms with E-state index in [2.05, 4.69) is 0 Å². The second-order valence-corrected chi connectivity index (χ2v) is 7.99. The predicted octanol–water partition coefficient (Wildman–Crippen LogP) is 5.10. The quantitative estimate of drug-likeness (QED) is 0.511. The fraction of sp³-hybridized carbons (Fsp3) is 0.250. The molecule has 3 nitrogen and oxygen atoms in total. The van der Waals surface area contributed by atoms with Crippen LogP contribution in [-0.2, 0) is 15.8 Å². The van der Waals surface area contributed by atoms with Crippen molar-refractivity contribution in [3.8, 4) is 0 Å². The Kier molecular flexibility index (Phi) is 4.04. The SMILES string of the molecule is CC(=C1[C@H]2C=C[C@@H]1[C@H]1C(=O)N(c3ccccc3)C(=O)[C@H]12)c1ccc(C(F)(F)F)cc1.